The number of hydrogen-bond acceptors (Lipinski definition) is 4. The summed E-state index contributed by atoms with van der Waals surface area (Å²) in [6, 6.07) is 0.736. The molecule has 0 amide bonds. The van der Waals surface area contributed by atoms with Crippen LogP contribution in [0.5, 0.6) is 0 Å². The highest BCUT2D eigenvalue weighted by Gasteiger charge is 2.25. The molecular formula is C14H24N4O. The van der Waals surface area contributed by atoms with E-state index >= 15 is 0 Å². The van der Waals surface area contributed by atoms with E-state index in [1.54, 1.807) is 0 Å². The zero-order valence-corrected chi connectivity index (χ0v) is 11.8. The molecule has 0 aliphatic carbocycles. The molecule has 3 heterocycles. The maximum atomic E-state index is 9.41. The van der Waals surface area contributed by atoms with Gasteiger partial charge in [-0.25, -0.2) is 9.67 Å². The molecular weight excluding hydrogens is 240 g/mol. The number of hydrogen-bond donors (Lipinski definition) is 1. The molecule has 2 aliphatic rings. The number of likely N-dealkylation sites (N-methyl/N-ethyl adjacent to an activating group) is 1. The van der Waals surface area contributed by atoms with Crippen molar-refractivity contribution in [2.24, 2.45) is 0 Å². The summed E-state index contributed by atoms with van der Waals surface area (Å²) in [5.74, 6) is 2.04. The normalized spacial score (nSPS) is 28.3. The summed E-state index contributed by atoms with van der Waals surface area (Å²) in [5.41, 5.74) is 0. The summed E-state index contributed by atoms with van der Waals surface area (Å²) in [4.78, 5) is 7.13. The van der Waals surface area contributed by atoms with Crippen LogP contribution in [-0.2, 0) is 12.8 Å². The summed E-state index contributed by atoms with van der Waals surface area (Å²) in [6.45, 7) is 1.37. The van der Waals surface area contributed by atoms with E-state index in [4.69, 9.17) is 4.98 Å². The summed E-state index contributed by atoms with van der Waals surface area (Å²) in [7, 11) is 2.20. The van der Waals surface area contributed by atoms with E-state index in [2.05, 4.69) is 17.0 Å². The van der Waals surface area contributed by atoms with Crippen LogP contribution in [0.1, 0.15) is 49.8 Å². The van der Waals surface area contributed by atoms with E-state index in [0.717, 1.165) is 37.3 Å². The first-order chi connectivity index (χ1) is 9.28. The predicted molar refractivity (Wildman–Crippen MR) is 73.1 cm³/mol. The lowest BCUT2D eigenvalue weighted by Gasteiger charge is -2.31. The van der Waals surface area contributed by atoms with Crippen LogP contribution in [0.2, 0.25) is 0 Å². The number of rotatable bonds is 3. The minimum Gasteiger partial charge on any atom is -0.394 e. The number of likely N-dealkylation sites (tertiary alicyclic amines) is 1. The van der Waals surface area contributed by atoms with Gasteiger partial charge in [-0.05, 0) is 39.3 Å². The Balaban J connectivity index is 1.73. The van der Waals surface area contributed by atoms with E-state index in [0.29, 0.717) is 6.04 Å². The molecule has 1 saturated heterocycles. The first kappa shape index (κ1) is 13.1. The third kappa shape index (κ3) is 2.67. The Morgan fingerprint density at radius 3 is 2.84 bits per heavy atom. The van der Waals surface area contributed by atoms with Crippen LogP contribution in [0.4, 0.5) is 0 Å². The van der Waals surface area contributed by atoms with Crippen molar-refractivity contribution < 1.29 is 5.11 Å². The molecule has 0 aromatic carbocycles. The van der Waals surface area contributed by atoms with Gasteiger partial charge in [0.15, 0.2) is 5.82 Å². The Hall–Kier alpha value is -0.940. The molecule has 5 nitrogen and oxygen atoms in total. The second kappa shape index (κ2) is 5.59. The van der Waals surface area contributed by atoms with Crippen molar-refractivity contribution in [2.75, 3.05) is 20.2 Å². The zero-order valence-electron chi connectivity index (χ0n) is 11.8. The first-order valence-corrected chi connectivity index (χ1v) is 7.53. The molecule has 0 saturated carbocycles. The monoisotopic (exact) mass is 264 g/mol. The molecule has 2 atom stereocenters. The molecule has 0 spiro atoms. The average Bonchev–Trinajstić information content (AvgIpc) is 2.83. The van der Waals surface area contributed by atoms with E-state index in [1.165, 1.54) is 25.8 Å². The van der Waals surface area contributed by atoms with Gasteiger partial charge < -0.3 is 10.0 Å². The van der Waals surface area contributed by atoms with Crippen LogP contribution in [0.15, 0.2) is 0 Å². The van der Waals surface area contributed by atoms with Gasteiger partial charge in [0.05, 0.1) is 12.6 Å². The van der Waals surface area contributed by atoms with Crippen molar-refractivity contribution in [1.82, 2.24) is 19.7 Å². The standard InChI is InChI=1S/C14H24N4O/c1-17-8-3-2-5-11(17)9-13-15-14-7-4-6-12(10-19)18(14)16-13/h11-12,19H,2-10H2,1H3. The number of aromatic nitrogens is 3. The highest BCUT2D eigenvalue weighted by molar-refractivity contribution is 5.00. The maximum Gasteiger partial charge on any atom is 0.152 e. The van der Waals surface area contributed by atoms with Crippen molar-refractivity contribution in [3.63, 3.8) is 0 Å². The predicted octanol–water partition coefficient (Wildman–Crippen LogP) is 1.17. The minimum absolute atomic E-state index is 0.147. The first-order valence-electron chi connectivity index (χ1n) is 7.53. The Morgan fingerprint density at radius 1 is 1.21 bits per heavy atom. The largest absolute Gasteiger partial charge is 0.394 e. The van der Waals surface area contributed by atoms with E-state index in [1.807, 2.05) is 4.68 Å². The van der Waals surface area contributed by atoms with Gasteiger partial charge in [0.1, 0.15) is 5.82 Å². The molecule has 1 N–H and O–H groups in total. The topological polar surface area (TPSA) is 54.2 Å². The lowest BCUT2D eigenvalue weighted by Crippen LogP contribution is -2.37. The van der Waals surface area contributed by atoms with Crippen LogP contribution in [0.3, 0.4) is 0 Å². The van der Waals surface area contributed by atoms with Gasteiger partial charge in [0.25, 0.3) is 0 Å². The van der Waals surface area contributed by atoms with Gasteiger partial charge in [-0.3, -0.25) is 0 Å². The summed E-state index contributed by atoms with van der Waals surface area (Å²) >= 11 is 0. The van der Waals surface area contributed by atoms with E-state index in [9.17, 15) is 5.11 Å². The SMILES string of the molecule is CN1CCCCC1Cc1nc2n(n1)C(CO)CCC2. The summed E-state index contributed by atoms with van der Waals surface area (Å²) < 4.78 is 1.97. The number of aliphatic hydroxyl groups excluding tert-OH is 1. The molecule has 1 aromatic heterocycles. The van der Waals surface area contributed by atoms with Gasteiger partial charge in [-0.15, -0.1) is 0 Å². The molecule has 2 aliphatic heterocycles. The van der Waals surface area contributed by atoms with Crippen LogP contribution >= 0.6 is 0 Å². The average molecular weight is 264 g/mol. The van der Waals surface area contributed by atoms with Crippen LogP contribution in [0.25, 0.3) is 0 Å². The number of aryl methyl sites for hydroxylation is 1. The fourth-order valence-electron chi connectivity index (χ4n) is 3.35. The number of nitrogens with zero attached hydrogens (tertiary/aromatic N) is 4. The zero-order chi connectivity index (χ0) is 13.2. The molecule has 2 unspecified atom stereocenters. The lowest BCUT2D eigenvalue weighted by atomic mass is 10.00. The number of piperidine rings is 1. The van der Waals surface area contributed by atoms with Crippen molar-refractivity contribution >= 4 is 0 Å². The van der Waals surface area contributed by atoms with Gasteiger partial charge in [-0.1, -0.05) is 6.42 Å². The molecule has 1 aromatic rings. The quantitative estimate of drug-likeness (QED) is 0.890. The molecule has 106 valence electrons. The lowest BCUT2D eigenvalue weighted by molar-refractivity contribution is 0.180. The summed E-state index contributed by atoms with van der Waals surface area (Å²) in [5, 5.41) is 14.1. The number of fused-ring (bicyclic) bond motifs is 1. The highest BCUT2D eigenvalue weighted by Crippen LogP contribution is 2.24. The highest BCUT2D eigenvalue weighted by atomic mass is 16.3. The van der Waals surface area contributed by atoms with Crippen LogP contribution in [-0.4, -0.2) is 51.0 Å². The van der Waals surface area contributed by atoms with Gasteiger partial charge >= 0.3 is 0 Å². The molecule has 19 heavy (non-hydrogen) atoms. The van der Waals surface area contributed by atoms with Gasteiger partial charge in [0.2, 0.25) is 0 Å². The molecule has 0 radical (unpaired) electrons. The maximum absolute atomic E-state index is 9.41. The summed E-state index contributed by atoms with van der Waals surface area (Å²) in [6.07, 6.45) is 7.99. The fraction of sp³-hybridized carbons (Fsp3) is 0.857. The van der Waals surface area contributed by atoms with Gasteiger partial charge in [0, 0.05) is 18.9 Å². The second-order valence-corrected chi connectivity index (χ2v) is 5.95. The van der Waals surface area contributed by atoms with Crippen molar-refractivity contribution in [1.29, 1.82) is 0 Å². The Kier molecular flexibility index (Phi) is 3.84. The smallest absolute Gasteiger partial charge is 0.152 e. The van der Waals surface area contributed by atoms with Crippen molar-refractivity contribution in [2.45, 2.75) is 57.0 Å². The minimum atomic E-state index is 0.147. The third-order valence-corrected chi connectivity index (χ3v) is 4.58. The second-order valence-electron chi connectivity index (χ2n) is 5.95. The molecule has 0 bridgehead atoms. The van der Waals surface area contributed by atoms with E-state index < -0.39 is 0 Å². The number of aliphatic hydroxyl groups is 1. The molecule has 3 rings (SSSR count). The Morgan fingerprint density at radius 2 is 2.05 bits per heavy atom. The Labute approximate surface area is 114 Å². The molecule has 1 fully saturated rings. The van der Waals surface area contributed by atoms with Gasteiger partial charge in [-0.2, -0.15) is 5.10 Å². The Bertz CT molecular complexity index is 431. The van der Waals surface area contributed by atoms with Crippen LogP contribution < -0.4 is 0 Å². The van der Waals surface area contributed by atoms with Crippen molar-refractivity contribution in [3.05, 3.63) is 11.6 Å². The van der Waals surface area contributed by atoms with Crippen molar-refractivity contribution in [3.8, 4) is 0 Å². The molecule has 5 heteroatoms. The third-order valence-electron chi connectivity index (χ3n) is 4.58. The van der Waals surface area contributed by atoms with E-state index in [-0.39, 0.29) is 12.6 Å². The fourth-order valence-corrected chi connectivity index (χ4v) is 3.35. The van der Waals surface area contributed by atoms with Crippen LogP contribution in [0, 0.1) is 0 Å².